The Morgan fingerprint density at radius 1 is 1.38 bits per heavy atom. The molecular weight excluding hydrogens is 178 g/mol. The molecule has 1 saturated heterocycles. The Bertz CT molecular complexity index is 279. The number of para-hydroxylation sites is 1. The van der Waals surface area contributed by atoms with Gasteiger partial charge in [0.15, 0.2) is 0 Å². The van der Waals surface area contributed by atoms with E-state index in [1.807, 2.05) is 12.1 Å². The van der Waals surface area contributed by atoms with E-state index in [1.54, 1.807) is 0 Å². The number of hydrogen-bond donors (Lipinski definition) is 1. The summed E-state index contributed by atoms with van der Waals surface area (Å²) < 4.78 is 0. The van der Waals surface area contributed by atoms with Crippen molar-refractivity contribution in [2.75, 3.05) is 11.5 Å². The SMILES string of the molecule is Nc1ccccc1CC1CCCS1. The maximum atomic E-state index is 5.89. The van der Waals surface area contributed by atoms with Crippen molar-refractivity contribution in [3.63, 3.8) is 0 Å². The molecule has 2 N–H and O–H groups in total. The lowest BCUT2D eigenvalue weighted by molar-refractivity contribution is 0.778. The molecule has 0 radical (unpaired) electrons. The molecule has 13 heavy (non-hydrogen) atoms. The van der Waals surface area contributed by atoms with Gasteiger partial charge in [-0.25, -0.2) is 0 Å². The predicted molar refractivity (Wildman–Crippen MR) is 60.0 cm³/mol. The molecule has 1 aromatic carbocycles. The van der Waals surface area contributed by atoms with Crippen LogP contribution in [0.1, 0.15) is 18.4 Å². The molecular formula is C11H15NS. The first kappa shape index (κ1) is 8.95. The molecule has 1 atom stereocenters. The summed E-state index contributed by atoms with van der Waals surface area (Å²) in [4.78, 5) is 0. The van der Waals surface area contributed by atoms with Crippen molar-refractivity contribution >= 4 is 17.4 Å². The maximum Gasteiger partial charge on any atom is 0.0346 e. The van der Waals surface area contributed by atoms with E-state index in [0.29, 0.717) is 0 Å². The lowest BCUT2D eigenvalue weighted by Crippen LogP contribution is -2.04. The number of thioether (sulfide) groups is 1. The highest BCUT2D eigenvalue weighted by molar-refractivity contribution is 8.00. The zero-order valence-corrected chi connectivity index (χ0v) is 8.52. The molecule has 1 aliphatic heterocycles. The predicted octanol–water partition coefficient (Wildman–Crippen LogP) is 2.71. The van der Waals surface area contributed by atoms with Gasteiger partial charge in [-0.05, 0) is 36.6 Å². The minimum atomic E-state index is 0.810. The Kier molecular flexibility index (Phi) is 2.79. The summed E-state index contributed by atoms with van der Waals surface area (Å²) >= 11 is 2.09. The van der Waals surface area contributed by atoms with Crippen LogP contribution in [0.25, 0.3) is 0 Å². The summed E-state index contributed by atoms with van der Waals surface area (Å²) in [6, 6.07) is 8.22. The van der Waals surface area contributed by atoms with Gasteiger partial charge in [-0.2, -0.15) is 11.8 Å². The standard InChI is InChI=1S/C11H15NS/c12-11-6-2-1-4-9(11)8-10-5-3-7-13-10/h1-2,4,6,10H,3,5,7-8,12H2. The topological polar surface area (TPSA) is 26.0 Å². The van der Waals surface area contributed by atoms with E-state index >= 15 is 0 Å². The molecule has 0 bridgehead atoms. The first-order valence-electron chi connectivity index (χ1n) is 4.81. The third-order valence-electron chi connectivity index (χ3n) is 2.53. The molecule has 1 unspecified atom stereocenters. The zero-order valence-electron chi connectivity index (χ0n) is 7.70. The lowest BCUT2D eigenvalue weighted by Gasteiger charge is -2.09. The molecule has 1 aliphatic rings. The molecule has 2 rings (SSSR count). The molecule has 0 aliphatic carbocycles. The van der Waals surface area contributed by atoms with Crippen molar-refractivity contribution in [1.82, 2.24) is 0 Å². The molecule has 1 fully saturated rings. The number of nitrogen functional groups attached to an aromatic ring is 1. The minimum Gasteiger partial charge on any atom is -0.399 e. The van der Waals surface area contributed by atoms with E-state index in [4.69, 9.17) is 5.73 Å². The fourth-order valence-electron chi connectivity index (χ4n) is 1.77. The largest absolute Gasteiger partial charge is 0.399 e. The van der Waals surface area contributed by atoms with Crippen molar-refractivity contribution in [2.24, 2.45) is 0 Å². The van der Waals surface area contributed by atoms with Gasteiger partial charge in [0.25, 0.3) is 0 Å². The zero-order chi connectivity index (χ0) is 9.10. The van der Waals surface area contributed by atoms with Crippen LogP contribution in [0.2, 0.25) is 0 Å². The molecule has 1 aromatic rings. The van der Waals surface area contributed by atoms with Gasteiger partial charge in [0.05, 0.1) is 0 Å². The summed E-state index contributed by atoms with van der Waals surface area (Å²) in [6.07, 6.45) is 3.89. The van der Waals surface area contributed by atoms with Gasteiger partial charge in [0.2, 0.25) is 0 Å². The fraction of sp³-hybridized carbons (Fsp3) is 0.455. The molecule has 1 nitrogen and oxygen atoms in total. The van der Waals surface area contributed by atoms with Gasteiger partial charge in [0.1, 0.15) is 0 Å². The van der Waals surface area contributed by atoms with Crippen LogP contribution in [0.3, 0.4) is 0 Å². The van der Waals surface area contributed by atoms with Crippen LogP contribution in [-0.2, 0) is 6.42 Å². The Hall–Kier alpha value is -0.630. The Morgan fingerprint density at radius 3 is 2.92 bits per heavy atom. The number of benzene rings is 1. The summed E-state index contributed by atoms with van der Waals surface area (Å²) in [5, 5.41) is 0.810. The molecule has 0 aromatic heterocycles. The molecule has 1 heterocycles. The van der Waals surface area contributed by atoms with Gasteiger partial charge >= 0.3 is 0 Å². The number of rotatable bonds is 2. The minimum absolute atomic E-state index is 0.810. The van der Waals surface area contributed by atoms with Gasteiger partial charge in [-0.15, -0.1) is 0 Å². The molecule has 0 spiro atoms. The summed E-state index contributed by atoms with van der Waals surface area (Å²) in [6.45, 7) is 0. The molecule has 0 amide bonds. The van der Waals surface area contributed by atoms with Crippen LogP contribution in [0.4, 0.5) is 5.69 Å². The van der Waals surface area contributed by atoms with Crippen LogP contribution in [0.5, 0.6) is 0 Å². The van der Waals surface area contributed by atoms with E-state index in [-0.39, 0.29) is 0 Å². The van der Waals surface area contributed by atoms with Crippen molar-refractivity contribution in [3.8, 4) is 0 Å². The maximum absolute atomic E-state index is 5.89. The fourth-order valence-corrected chi connectivity index (χ4v) is 3.07. The summed E-state index contributed by atoms with van der Waals surface area (Å²) in [5.74, 6) is 1.33. The van der Waals surface area contributed by atoms with Gasteiger partial charge in [0, 0.05) is 10.9 Å². The quantitative estimate of drug-likeness (QED) is 0.731. The monoisotopic (exact) mass is 193 g/mol. The third-order valence-corrected chi connectivity index (χ3v) is 3.92. The van der Waals surface area contributed by atoms with Crippen molar-refractivity contribution in [1.29, 1.82) is 0 Å². The lowest BCUT2D eigenvalue weighted by atomic mass is 10.1. The van der Waals surface area contributed by atoms with Crippen LogP contribution < -0.4 is 5.73 Å². The second-order valence-electron chi connectivity index (χ2n) is 3.54. The highest BCUT2D eigenvalue weighted by Crippen LogP contribution is 2.30. The highest BCUT2D eigenvalue weighted by atomic mass is 32.2. The molecule has 0 saturated carbocycles. The molecule has 70 valence electrons. The third kappa shape index (κ3) is 2.19. The highest BCUT2D eigenvalue weighted by Gasteiger charge is 2.16. The summed E-state index contributed by atoms with van der Waals surface area (Å²) in [7, 11) is 0. The van der Waals surface area contributed by atoms with E-state index < -0.39 is 0 Å². The van der Waals surface area contributed by atoms with Crippen LogP contribution >= 0.6 is 11.8 Å². The Balaban J connectivity index is 2.04. The average molecular weight is 193 g/mol. The number of hydrogen-bond acceptors (Lipinski definition) is 2. The Labute approximate surface area is 83.7 Å². The number of nitrogens with two attached hydrogens (primary N) is 1. The van der Waals surface area contributed by atoms with Gasteiger partial charge in [-0.3, -0.25) is 0 Å². The second kappa shape index (κ2) is 4.05. The van der Waals surface area contributed by atoms with Crippen molar-refractivity contribution < 1.29 is 0 Å². The van der Waals surface area contributed by atoms with Crippen LogP contribution in [-0.4, -0.2) is 11.0 Å². The molecule has 2 heteroatoms. The van der Waals surface area contributed by atoms with E-state index in [1.165, 1.54) is 24.2 Å². The first-order chi connectivity index (χ1) is 6.36. The van der Waals surface area contributed by atoms with Crippen molar-refractivity contribution in [3.05, 3.63) is 29.8 Å². The number of anilines is 1. The summed E-state index contributed by atoms with van der Waals surface area (Å²) in [5.41, 5.74) is 8.16. The first-order valence-corrected chi connectivity index (χ1v) is 5.86. The smallest absolute Gasteiger partial charge is 0.0346 e. The van der Waals surface area contributed by atoms with E-state index in [9.17, 15) is 0 Å². The van der Waals surface area contributed by atoms with E-state index in [2.05, 4.69) is 23.9 Å². The van der Waals surface area contributed by atoms with Crippen LogP contribution in [0.15, 0.2) is 24.3 Å². The van der Waals surface area contributed by atoms with Crippen molar-refractivity contribution in [2.45, 2.75) is 24.5 Å². The average Bonchev–Trinajstić information content (AvgIpc) is 2.61. The van der Waals surface area contributed by atoms with Gasteiger partial charge < -0.3 is 5.73 Å². The second-order valence-corrected chi connectivity index (χ2v) is 4.95. The van der Waals surface area contributed by atoms with E-state index in [0.717, 1.165) is 17.4 Å². The van der Waals surface area contributed by atoms with Crippen LogP contribution in [0, 0.1) is 0 Å². The normalized spacial score (nSPS) is 22.0. The van der Waals surface area contributed by atoms with Gasteiger partial charge in [-0.1, -0.05) is 18.2 Å². The Morgan fingerprint density at radius 2 is 2.23 bits per heavy atom.